The Morgan fingerprint density at radius 3 is 2.88 bits per heavy atom. The zero-order chi connectivity index (χ0) is 17.5. The topological polar surface area (TPSA) is 78.9 Å². The molecule has 0 N–H and O–H groups in total. The predicted molar refractivity (Wildman–Crippen MR) is 90.6 cm³/mol. The molecule has 0 saturated heterocycles. The van der Waals surface area contributed by atoms with E-state index >= 15 is 0 Å². The zero-order valence-corrected chi connectivity index (χ0v) is 14.2. The lowest BCUT2D eigenvalue weighted by Crippen LogP contribution is -2.22. The minimum Gasteiger partial charge on any atom is -0.365 e. The van der Waals surface area contributed by atoms with Gasteiger partial charge in [-0.1, -0.05) is 22.5 Å². The second-order valence-corrected chi connectivity index (χ2v) is 6.63. The van der Waals surface area contributed by atoms with Crippen LogP contribution in [0.2, 0.25) is 0 Å². The molecule has 0 radical (unpaired) electrons. The van der Waals surface area contributed by atoms with Crippen LogP contribution in [0.15, 0.2) is 45.6 Å². The van der Waals surface area contributed by atoms with Crippen LogP contribution in [0.25, 0.3) is 23.0 Å². The third-order valence-corrected chi connectivity index (χ3v) is 4.93. The van der Waals surface area contributed by atoms with Gasteiger partial charge in [-0.3, -0.25) is 0 Å². The molecule has 0 aliphatic carbocycles. The molecule has 0 bridgehead atoms. The highest BCUT2D eigenvalue weighted by Gasteiger charge is 2.28. The maximum absolute atomic E-state index is 13.1. The Morgan fingerprint density at radius 1 is 1.19 bits per heavy atom. The molecule has 1 aliphatic rings. The first kappa shape index (κ1) is 15.4. The van der Waals surface area contributed by atoms with Crippen LogP contribution < -0.4 is 0 Å². The van der Waals surface area contributed by atoms with Crippen LogP contribution in [-0.2, 0) is 17.9 Å². The van der Waals surface area contributed by atoms with Crippen LogP contribution in [0.4, 0.5) is 4.39 Å². The van der Waals surface area contributed by atoms with Crippen molar-refractivity contribution in [2.24, 2.45) is 0 Å². The van der Waals surface area contributed by atoms with E-state index in [0.717, 1.165) is 16.8 Å². The number of hydrogen-bond donors (Lipinski definition) is 0. The Hall–Kier alpha value is -2.91. The summed E-state index contributed by atoms with van der Waals surface area (Å²) in [5.41, 5.74) is 3.10. The van der Waals surface area contributed by atoms with Crippen molar-refractivity contribution in [2.75, 3.05) is 0 Å². The summed E-state index contributed by atoms with van der Waals surface area (Å²) in [5.74, 6) is 0.561. The molecule has 4 aromatic rings. The molecule has 4 heterocycles. The number of thiophene rings is 1. The first-order valence-electron chi connectivity index (χ1n) is 7.94. The predicted octanol–water partition coefficient (Wildman–Crippen LogP) is 3.47. The first-order chi connectivity index (χ1) is 12.8. The van der Waals surface area contributed by atoms with E-state index < -0.39 is 0 Å². The summed E-state index contributed by atoms with van der Waals surface area (Å²) in [4.78, 5) is 4.41. The van der Waals surface area contributed by atoms with Gasteiger partial charge in [0, 0.05) is 10.9 Å². The van der Waals surface area contributed by atoms with Crippen molar-refractivity contribution in [1.82, 2.24) is 25.1 Å². The maximum atomic E-state index is 13.1. The molecular weight excluding hydrogens is 357 g/mol. The molecule has 1 aliphatic heterocycles. The van der Waals surface area contributed by atoms with E-state index in [4.69, 9.17) is 9.26 Å². The number of fused-ring (bicyclic) bond motifs is 1. The number of nitrogens with zero attached hydrogens (tertiary/aromatic N) is 5. The maximum Gasteiger partial charge on any atom is 0.280 e. The van der Waals surface area contributed by atoms with Gasteiger partial charge in [0.1, 0.15) is 11.9 Å². The fraction of sp³-hybridized carbons (Fsp3) is 0.176. The van der Waals surface area contributed by atoms with Gasteiger partial charge >= 0.3 is 0 Å². The van der Waals surface area contributed by atoms with Gasteiger partial charge in [-0.05, 0) is 29.1 Å². The number of benzene rings is 1. The third kappa shape index (κ3) is 2.61. The van der Waals surface area contributed by atoms with E-state index in [-0.39, 0.29) is 11.9 Å². The van der Waals surface area contributed by atoms with Crippen molar-refractivity contribution in [1.29, 1.82) is 0 Å². The molecule has 1 aromatic carbocycles. The molecule has 0 unspecified atom stereocenters. The van der Waals surface area contributed by atoms with Gasteiger partial charge in [0.05, 0.1) is 18.8 Å². The summed E-state index contributed by atoms with van der Waals surface area (Å²) in [6.45, 7) is 0.792. The van der Waals surface area contributed by atoms with Crippen LogP contribution in [0, 0.1) is 5.82 Å². The molecule has 7 nitrogen and oxygen atoms in total. The van der Waals surface area contributed by atoms with E-state index in [1.807, 2.05) is 16.8 Å². The Morgan fingerprint density at radius 2 is 2.08 bits per heavy atom. The Bertz CT molecular complexity index is 1040. The number of aromatic nitrogens is 5. The van der Waals surface area contributed by atoms with Gasteiger partial charge in [-0.2, -0.15) is 16.3 Å². The molecule has 0 amide bonds. The number of rotatable bonds is 3. The minimum absolute atomic E-state index is 0.207. The van der Waals surface area contributed by atoms with Gasteiger partial charge in [0.25, 0.3) is 5.89 Å². The van der Waals surface area contributed by atoms with Crippen LogP contribution >= 0.6 is 11.3 Å². The highest BCUT2D eigenvalue weighted by molar-refractivity contribution is 7.08. The lowest BCUT2D eigenvalue weighted by molar-refractivity contribution is -0.00120. The molecule has 0 saturated carbocycles. The highest BCUT2D eigenvalue weighted by Crippen LogP contribution is 2.31. The van der Waals surface area contributed by atoms with Crippen LogP contribution in [0.5, 0.6) is 0 Å². The summed E-state index contributed by atoms with van der Waals surface area (Å²) < 4.78 is 26.1. The van der Waals surface area contributed by atoms with Gasteiger partial charge in [-0.25, -0.2) is 9.07 Å². The summed E-state index contributed by atoms with van der Waals surface area (Å²) in [6, 6.07) is 8.20. The van der Waals surface area contributed by atoms with Crippen LogP contribution in [0.3, 0.4) is 0 Å². The van der Waals surface area contributed by atoms with Crippen molar-refractivity contribution < 1.29 is 13.7 Å². The van der Waals surface area contributed by atoms with Crippen molar-refractivity contribution in [2.45, 2.75) is 19.3 Å². The average molecular weight is 369 g/mol. The molecule has 0 spiro atoms. The second kappa shape index (κ2) is 6.11. The largest absolute Gasteiger partial charge is 0.365 e. The molecule has 9 heteroatoms. The molecule has 5 rings (SSSR count). The van der Waals surface area contributed by atoms with Crippen molar-refractivity contribution in [3.63, 3.8) is 0 Å². The van der Waals surface area contributed by atoms with Gasteiger partial charge in [0.15, 0.2) is 5.69 Å². The molecule has 0 fully saturated rings. The van der Waals surface area contributed by atoms with E-state index in [1.54, 1.807) is 28.2 Å². The number of halogens is 1. The number of hydrogen-bond acceptors (Lipinski definition) is 7. The van der Waals surface area contributed by atoms with Crippen molar-refractivity contribution in [3.8, 4) is 23.0 Å². The van der Waals surface area contributed by atoms with Gasteiger partial charge in [-0.15, -0.1) is 5.10 Å². The SMILES string of the molecule is Fc1ccc([C@H]2Cn3nnc(-c4nc(-c5ccsc5)no4)c3CO2)cc1. The zero-order valence-electron chi connectivity index (χ0n) is 13.4. The Kier molecular flexibility index (Phi) is 3.61. The Balaban J connectivity index is 1.42. The highest BCUT2D eigenvalue weighted by atomic mass is 32.1. The summed E-state index contributed by atoms with van der Waals surface area (Å²) in [5, 5.41) is 16.3. The van der Waals surface area contributed by atoms with Gasteiger partial charge in [0.2, 0.25) is 5.82 Å². The van der Waals surface area contributed by atoms with Gasteiger partial charge < -0.3 is 9.26 Å². The Labute approximate surface area is 151 Å². The lowest BCUT2D eigenvalue weighted by Gasteiger charge is -2.24. The van der Waals surface area contributed by atoms with Crippen LogP contribution in [0.1, 0.15) is 17.4 Å². The first-order valence-corrected chi connectivity index (χ1v) is 8.88. The lowest BCUT2D eigenvalue weighted by atomic mass is 10.1. The molecule has 26 heavy (non-hydrogen) atoms. The summed E-state index contributed by atoms with van der Waals surface area (Å²) >= 11 is 1.57. The fourth-order valence-electron chi connectivity index (χ4n) is 2.89. The van der Waals surface area contributed by atoms with Crippen LogP contribution in [-0.4, -0.2) is 25.1 Å². The molecular formula is C17H12FN5O2S. The smallest absolute Gasteiger partial charge is 0.280 e. The van der Waals surface area contributed by atoms with E-state index in [9.17, 15) is 4.39 Å². The number of ether oxygens (including phenoxy) is 1. The molecule has 130 valence electrons. The molecule has 1 atom stereocenters. The standard InChI is InChI=1S/C17H12FN5O2S/c18-12-3-1-10(2-4-12)14-7-23-13(8-24-14)15(20-22-23)17-19-16(21-25-17)11-5-6-26-9-11/h1-6,9,14H,7-8H2/t14-/m1/s1. The monoisotopic (exact) mass is 369 g/mol. The third-order valence-electron chi connectivity index (χ3n) is 4.25. The quantitative estimate of drug-likeness (QED) is 0.550. The van der Waals surface area contributed by atoms with Crippen molar-refractivity contribution >= 4 is 11.3 Å². The van der Waals surface area contributed by atoms with E-state index in [1.165, 1.54) is 12.1 Å². The average Bonchev–Trinajstić information content (AvgIpc) is 3.41. The normalized spacial score (nSPS) is 16.6. The summed E-state index contributed by atoms with van der Waals surface area (Å²) in [7, 11) is 0. The second-order valence-electron chi connectivity index (χ2n) is 5.85. The fourth-order valence-corrected chi connectivity index (χ4v) is 3.52. The molecule has 3 aromatic heterocycles. The minimum atomic E-state index is -0.272. The van der Waals surface area contributed by atoms with E-state index in [0.29, 0.717) is 30.6 Å². The van der Waals surface area contributed by atoms with E-state index in [2.05, 4.69) is 20.5 Å². The van der Waals surface area contributed by atoms with Crippen molar-refractivity contribution in [3.05, 3.63) is 58.2 Å². The summed E-state index contributed by atoms with van der Waals surface area (Å²) in [6.07, 6.45) is -0.207.